The van der Waals surface area contributed by atoms with E-state index in [4.69, 9.17) is 38.4 Å². The lowest BCUT2D eigenvalue weighted by atomic mass is 9.88. The number of amidine groups is 1. The van der Waals surface area contributed by atoms with Crippen LogP contribution < -0.4 is 15.8 Å². The van der Waals surface area contributed by atoms with E-state index in [9.17, 15) is 9.18 Å². The van der Waals surface area contributed by atoms with Crippen molar-refractivity contribution in [2.45, 2.75) is 18.9 Å². The molecule has 7 nitrogen and oxygen atoms in total. The van der Waals surface area contributed by atoms with Crippen LogP contribution in [0.4, 0.5) is 14.9 Å². The quantitative estimate of drug-likeness (QED) is 0.768. The summed E-state index contributed by atoms with van der Waals surface area (Å²) in [6.07, 6.45) is 0.887. The summed E-state index contributed by atoms with van der Waals surface area (Å²) in [4.78, 5) is 20.4. The van der Waals surface area contributed by atoms with Gasteiger partial charge in [0.15, 0.2) is 0 Å². The maximum atomic E-state index is 14.5. The number of nitrogens with two attached hydrogens (primary N) is 1. The van der Waals surface area contributed by atoms with E-state index < -0.39 is 17.4 Å². The number of nitrogens with zero attached hydrogens (tertiary/aromatic N) is 2. The number of amides is 1. The van der Waals surface area contributed by atoms with Gasteiger partial charge in [0.25, 0.3) is 0 Å². The highest BCUT2D eigenvalue weighted by Gasteiger charge is 2.31. The van der Waals surface area contributed by atoms with Crippen molar-refractivity contribution < 1.29 is 18.7 Å². The SMILES string of the molecule is C[C@@]1(c2cc(NC(=O)Oc3ncc(Cl)cc3Cl)ccc2F)CCOCC(N)=N1. The molecule has 3 N–H and O–H groups in total. The first-order valence-electron chi connectivity index (χ1n) is 8.29. The molecule has 1 aliphatic rings. The van der Waals surface area contributed by atoms with Gasteiger partial charge in [0.1, 0.15) is 23.3 Å². The second-order valence-corrected chi connectivity index (χ2v) is 7.17. The van der Waals surface area contributed by atoms with Crippen LogP contribution >= 0.6 is 23.2 Å². The van der Waals surface area contributed by atoms with E-state index in [1.54, 1.807) is 6.92 Å². The summed E-state index contributed by atoms with van der Waals surface area (Å²) in [6, 6.07) is 5.52. The van der Waals surface area contributed by atoms with Crippen LogP contribution in [0.25, 0.3) is 0 Å². The zero-order valence-corrected chi connectivity index (χ0v) is 16.4. The Morgan fingerprint density at radius 3 is 2.93 bits per heavy atom. The fourth-order valence-corrected chi connectivity index (χ4v) is 3.19. The van der Waals surface area contributed by atoms with E-state index in [-0.39, 0.29) is 28.9 Å². The minimum Gasteiger partial charge on any atom is -0.389 e. The lowest BCUT2D eigenvalue weighted by Gasteiger charge is -2.25. The Morgan fingerprint density at radius 2 is 2.18 bits per heavy atom. The number of ether oxygens (including phenoxy) is 2. The highest BCUT2D eigenvalue weighted by atomic mass is 35.5. The zero-order valence-electron chi connectivity index (χ0n) is 14.8. The third-order valence-electron chi connectivity index (χ3n) is 4.13. The van der Waals surface area contributed by atoms with Crippen LogP contribution in [0.5, 0.6) is 5.88 Å². The van der Waals surface area contributed by atoms with Crippen LogP contribution in [0.2, 0.25) is 10.0 Å². The molecule has 1 aromatic heterocycles. The molecule has 1 aliphatic heterocycles. The topological polar surface area (TPSA) is 98.8 Å². The van der Waals surface area contributed by atoms with Gasteiger partial charge < -0.3 is 15.2 Å². The molecule has 0 spiro atoms. The van der Waals surface area contributed by atoms with Crippen LogP contribution in [0.1, 0.15) is 18.9 Å². The predicted molar refractivity (Wildman–Crippen MR) is 105 cm³/mol. The summed E-state index contributed by atoms with van der Waals surface area (Å²) in [6.45, 7) is 2.32. The van der Waals surface area contributed by atoms with Crippen LogP contribution in [0, 0.1) is 5.82 Å². The van der Waals surface area contributed by atoms with Crippen LogP contribution in [0.15, 0.2) is 35.5 Å². The van der Waals surface area contributed by atoms with Crippen molar-refractivity contribution in [2.75, 3.05) is 18.5 Å². The molecule has 0 unspecified atom stereocenters. The van der Waals surface area contributed by atoms with Crippen LogP contribution in [-0.4, -0.2) is 30.1 Å². The Balaban J connectivity index is 1.81. The number of aliphatic imine (C=N–C) groups is 1. The van der Waals surface area contributed by atoms with Crippen LogP contribution in [0.3, 0.4) is 0 Å². The lowest BCUT2D eigenvalue weighted by Crippen LogP contribution is -2.26. The highest BCUT2D eigenvalue weighted by molar-refractivity contribution is 6.35. The number of hydrogen-bond donors (Lipinski definition) is 2. The number of carbonyl (C=O) groups excluding carboxylic acids is 1. The van der Waals surface area contributed by atoms with Crippen molar-refractivity contribution in [1.29, 1.82) is 0 Å². The lowest BCUT2D eigenvalue weighted by molar-refractivity contribution is 0.158. The molecule has 10 heteroatoms. The minimum atomic E-state index is -0.923. The molecular weight excluding hydrogens is 410 g/mol. The number of aromatic nitrogens is 1. The number of rotatable bonds is 3. The number of nitrogens with one attached hydrogen (secondary N) is 1. The third kappa shape index (κ3) is 4.70. The standard InChI is InChI=1S/C18H17Cl2FN4O3/c1-18(4-5-27-9-15(22)25-18)12-7-11(2-3-14(12)21)24-17(26)28-16-13(20)6-10(19)8-23-16/h2-3,6-8H,4-5,9H2,1H3,(H2,22,25)(H,24,26)/t18-/m0/s1. The van der Waals surface area contributed by atoms with Gasteiger partial charge in [0, 0.05) is 24.1 Å². The molecule has 0 radical (unpaired) electrons. The van der Waals surface area contributed by atoms with Crippen molar-refractivity contribution in [3.8, 4) is 5.88 Å². The molecule has 1 atom stereocenters. The largest absolute Gasteiger partial charge is 0.418 e. The molecule has 0 fully saturated rings. The van der Waals surface area contributed by atoms with Crippen molar-refractivity contribution in [3.05, 3.63) is 51.9 Å². The number of carbonyl (C=O) groups is 1. The summed E-state index contributed by atoms with van der Waals surface area (Å²) < 4.78 is 24.9. The average Bonchev–Trinajstić information content (AvgIpc) is 2.80. The Bertz CT molecular complexity index is 941. The first-order chi connectivity index (χ1) is 13.3. The molecular formula is C18H17Cl2FN4O3. The van der Waals surface area contributed by atoms with Gasteiger partial charge >= 0.3 is 6.09 Å². The van der Waals surface area contributed by atoms with Crippen molar-refractivity contribution in [1.82, 2.24) is 4.98 Å². The molecule has 0 aliphatic carbocycles. The van der Waals surface area contributed by atoms with Gasteiger partial charge in [-0.05, 0) is 37.6 Å². The zero-order chi connectivity index (χ0) is 20.3. The van der Waals surface area contributed by atoms with E-state index >= 15 is 0 Å². The molecule has 1 amide bonds. The van der Waals surface area contributed by atoms with E-state index in [0.29, 0.717) is 23.7 Å². The van der Waals surface area contributed by atoms with Gasteiger partial charge in [-0.25, -0.2) is 14.2 Å². The molecule has 0 bridgehead atoms. The van der Waals surface area contributed by atoms with Gasteiger partial charge in [-0.1, -0.05) is 23.2 Å². The van der Waals surface area contributed by atoms with Gasteiger partial charge in [-0.3, -0.25) is 10.3 Å². The van der Waals surface area contributed by atoms with Crippen molar-refractivity contribution in [2.24, 2.45) is 10.7 Å². The number of anilines is 1. The molecule has 1 aromatic carbocycles. The second kappa shape index (κ2) is 8.30. The fraction of sp³-hybridized carbons (Fsp3) is 0.278. The van der Waals surface area contributed by atoms with Crippen LogP contribution in [-0.2, 0) is 10.3 Å². The van der Waals surface area contributed by atoms with Crippen molar-refractivity contribution in [3.63, 3.8) is 0 Å². The second-order valence-electron chi connectivity index (χ2n) is 6.33. The summed E-state index contributed by atoms with van der Waals surface area (Å²) >= 11 is 11.7. The van der Waals surface area contributed by atoms with E-state index in [2.05, 4.69) is 15.3 Å². The maximum absolute atomic E-state index is 14.5. The number of halogens is 3. The molecule has 0 saturated carbocycles. The van der Waals surface area contributed by atoms with E-state index in [1.165, 1.54) is 30.5 Å². The smallest absolute Gasteiger partial charge is 0.389 e. The summed E-state index contributed by atoms with van der Waals surface area (Å²) in [5.74, 6) is -0.293. The Labute approximate surface area is 170 Å². The normalized spacial score (nSPS) is 19.5. The first-order valence-corrected chi connectivity index (χ1v) is 9.04. The summed E-state index contributed by atoms with van der Waals surface area (Å²) in [5.41, 5.74) is 5.48. The first kappa shape index (κ1) is 20.3. The van der Waals surface area contributed by atoms with E-state index in [1.807, 2.05) is 0 Å². The predicted octanol–water partition coefficient (Wildman–Crippen LogP) is 4.13. The van der Waals surface area contributed by atoms with Gasteiger partial charge in [-0.2, -0.15) is 0 Å². The number of hydrogen-bond acceptors (Lipinski definition) is 6. The summed E-state index contributed by atoms with van der Waals surface area (Å²) in [7, 11) is 0. The minimum absolute atomic E-state index is 0.0817. The molecule has 2 heterocycles. The maximum Gasteiger partial charge on any atom is 0.418 e. The van der Waals surface area contributed by atoms with Gasteiger partial charge in [0.2, 0.25) is 5.88 Å². The van der Waals surface area contributed by atoms with Gasteiger partial charge in [0.05, 0.1) is 10.6 Å². The Hall–Kier alpha value is -2.42. The monoisotopic (exact) mass is 426 g/mol. The van der Waals surface area contributed by atoms with Gasteiger partial charge in [-0.15, -0.1) is 0 Å². The Kier molecular flexibility index (Phi) is 6.02. The fourth-order valence-electron chi connectivity index (χ4n) is 2.77. The molecule has 148 valence electrons. The third-order valence-corrected chi connectivity index (χ3v) is 4.61. The van der Waals surface area contributed by atoms with E-state index in [0.717, 1.165) is 0 Å². The molecule has 2 aromatic rings. The Morgan fingerprint density at radius 1 is 1.39 bits per heavy atom. The number of pyridine rings is 1. The molecule has 0 saturated heterocycles. The summed E-state index contributed by atoms with van der Waals surface area (Å²) in [5, 5.41) is 2.90. The highest BCUT2D eigenvalue weighted by Crippen LogP contribution is 2.34. The average molecular weight is 427 g/mol. The van der Waals surface area contributed by atoms with Crippen molar-refractivity contribution >= 4 is 40.8 Å². The molecule has 28 heavy (non-hydrogen) atoms. The molecule has 3 rings (SSSR count). The number of benzene rings is 1.